The molecule has 380 valence electrons. The number of benzene rings is 7. The molecule has 7 aromatic rings. The lowest BCUT2D eigenvalue weighted by molar-refractivity contribution is -0.376. The van der Waals surface area contributed by atoms with E-state index in [4.69, 9.17) is 52.1 Å². The molecule has 0 bridgehead atoms. The number of hydrogen-bond donors (Lipinski definition) is 0. The Bertz CT molecular complexity index is 2560. The van der Waals surface area contributed by atoms with Crippen LogP contribution in [0, 0.1) is 0 Å². The SMILES string of the molecule is CO[C@H]1O[C@H](COCc2ccccc2)[C@H](O[C@@H]2O[C@H](COCc3ccccc3)[C@@H](OCc3ccccc3)[C@H](OCc3ccccc3)[C@H]2OCc2ccccc2)[C@H](OCc2ccccc2)[C@H]1OCc1ccccc1. The fraction of sp³-hybridized carbons (Fsp3) is 0.323. The van der Waals surface area contributed by atoms with Crippen LogP contribution in [-0.2, 0) is 98.4 Å². The molecule has 0 radical (unpaired) electrons. The molecule has 2 aliphatic heterocycles. The van der Waals surface area contributed by atoms with E-state index in [1.54, 1.807) is 7.11 Å². The van der Waals surface area contributed by atoms with E-state index in [0.29, 0.717) is 13.2 Å². The molecule has 0 spiro atoms. The summed E-state index contributed by atoms with van der Waals surface area (Å²) in [6, 6.07) is 70.4. The van der Waals surface area contributed by atoms with E-state index in [2.05, 4.69) is 0 Å². The van der Waals surface area contributed by atoms with E-state index >= 15 is 0 Å². The first-order chi connectivity index (χ1) is 36.2. The van der Waals surface area contributed by atoms with Gasteiger partial charge in [-0.3, -0.25) is 0 Å². The average Bonchev–Trinajstić information content (AvgIpc) is 3.45. The molecule has 2 saturated heterocycles. The lowest BCUT2D eigenvalue weighted by Gasteiger charge is -2.50. The number of ether oxygens (including phenoxy) is 11. The maximum Gasteiger partial charge on any atom is 0.187 e. The largest absolute Gasteiger partial charge is 0.374 e. The van der Waals surface area contributed by atoms with Gasteiger partial charge in [-0.15, -0.1) is 0 Å². The molecular formula is C62H66O11. The maximum absolute atomic E-state index is 7.51. The van der Waals surface area contributed by atoms with Crippen LogP contribution in [0.2, 0.25) is 0 Å². The highest BCUT2D eigenvalue weighted by Gasteiger charge is 2.54. The van der Waals surface area contributed by atoms with Crippen molar-refractivity contribution in [2.75, 3.05) is 20.3 Å². The Labute approximate surface area is 429 Å². The minimum absolute atomic E-state index is 0.124. The molecule has 0 unspecified atom stereocenters. The Hall–Kier alpha value is -5.90. The molecule has 2 heterocycles. The van der Waals surface area contributed by atoms with Crippen molar-refractivity contribution in [3.8, 4) is 0 Å². The molecule has 0 N–H and O–H groups in total. The number of hydrogen-bond acceptors (Lipinski definition) is 11. The quantitative estimate of drug-likeness (QED) is 0.0518. The monoisotopic (exact) mass is 986 g/mol. The van der Waals surface area contributed by atoms with Crippen molar-refractivity contribution < 1.29 is 52.1 Å². The topological polar surface area (TPSA) is 102 Å². The predicted octanol–water partition coefficient (Wildman–Crippen LogP) is 10.8. The second-order valence-electron chi connectivity index (χ2n) is 18.2. The maximum atomic E-state index is 7.51. The van der Waals surface area contributed by atoms with E-state index in [1.165, 1.54) is 0 Å². The lowest BCUT2D eigenvalue weighted by atomic mass is 9.95. The summed E-state index contributed by atoms with van der Waals surface area (Å²) in [5.41, 5.74) is 6.95. The molecule has 2 fully saturated rings. The third-order valence-electron chi connectivity index (χ3n) is 12.9. The standard InChI is InChI=1S/C62H66O11/c1-63-61-59(69-42-51-33-19-7-20-34-51)58(68-41-50-31-17-6-18-32-50)56(54(71-61)45-65-38-47-25-11-3-12-26-47)73-62-60(70-43-52-35-21-8-22-36-52)57(67-40-49-29-15-5-16-30-49)55(66-39-48-27-13-4-14-28-48)53(72-62)44-64-37-46-23-9-2-10-24-46/h2-36,53-62H,37-45H2,1H3/t53-,54-,55-,56+,57+,58+,59-,60-,61+,62+/m1/s1. The Morgan fingerprint density at radius 3 is 0.890 bits per heavy atom. The Morgan fingerprint density at radius 1 is 0.288 bits per heavy atom. The second-order valence-corrected chi connectivity index (χ2v) is 18.2. The molecule has 11 nitrogen and oxygen atoms in total. The fourth-order valence-corrected chi connectivity index (χ4v) is 9.14. The van der Waals surface area contributed by atoms with Crippen molar-refractivity contribution in [1.82, 2.24) is 0 Å². The van der Waals surface area contributed by atoms with Gasteiger partial charge in [-0.25, -0.2) is 0 Å². The van der Waals surface area contributed by atoms with Gasteiger partial charge in [0.05, 0.1) is 59.5 Å². The van der Waals surface area contributed by atoms with Gasteiger partial charge in [-0.2, -0.15) is 0 Å². The molecule has 0 aliphatic carbocycles. The smallest absolute Gasteiger partial charge is 0.187 e. The summed E-state index contributed by atoms with van der Waals surface area (Å²) in [6.45, 7) is 2.27. The van der Waals surface area contributed by atoms with Crippen molar-refractivity contribution in [3.63, 3.8) is 0 Å². The van der Waals surface area contributed by atoms with Crippen molar-refractivity contribution in [3.05, 3.63) is 251 Å². The van der Waals surface area contributed by atoms with Gasteiger partial charge in [-0.05, 0) is 38.9 Å². The van der Waals surface area contributed by atoms with Crippen LogP contribution < -0.4 is 0 Å². The highest BCUT2D eigenvalue weighted by atomic mass is 16.8. The molecule has 2 aliphatic rings. The normalized spacial score (nSPS) is 24.0. The third-order valence-corrected chi connectivity index (χ3v) is 12.9. The van der Waals surface area contributed by atoms with E-state index in [9.17, 15) is 0 Å². The molecule has 7 aromatic carbocycles. The average molecular weight is 987 g/mol. The first-order valence-corrected chi connectivity index (χ1v) is 25.2. The third kappa shape index (κ3) is 15.3. The summed E-state index contributed by atoms with van der Waals surface area (Å²) < 4.78 is 75.9. The summed E-state index contributed by atoms with van der Waals surface area (Å²) in [5, 5.41) is 0. The predicted molar refractivity (Wildman–Crippen MR) is 276 cm³/mol. The Kier molecular flexibility index (Phi) is 19.9. The summed E-state index contributed by atoms with van der Waals surface area (Å²) in [7, 11) is 1.61. The molecule has 11 heteroatoms. The van der Waals surface area contributed by atoms with Crippen LogP contribution in [0.15, 0.2) is 212 Å². The van der Waals surface area contributed by atoms with Crippen LogP contribution in [-0.4, -0.2) is 81.7 Å². The van der Waals surface area contributed by atoms with Crippen LogP contribution in [0.1, 0.15) is 38.9 Å². The molecule has 0 aromatic heterocycles. The van der Waals surface area contributed by atoms with Crippen LogP contribution in [0.3, 0.4) is 0 Å². The molecule has 0 saturated carbocycles. The Morgan fingerprint density at radius 2 is 0.548 bits per heavy atom. The summed E-state index contributed by atoms with van der Waals surface area (Å²) >= 11 is 0. The van der Waals surface area contributed by atoms with E-state index in [1.807, 2.05) is 212 Å². The van der Waals surface area contributed by atoms with Gasteiger partial charge in [0.15, 0.2) is 12.6 Å². The Balaban J connectivity index is 1.11. The highest BCUT2D eigenvalue weighted by molar-refractivity contribution is 5.19. The van der Waals surface area contributed by atoms with Crippen LogP contribution in [0.25, 0.3) is 0 Å². The first-order valence-electron chi connectivity index (χ1n) is 25.2. The molecule has 73 heavy (non-hydrogen) atoms. The number of rotatable bonds is 26. The summed E-state index contributed by atoms with van der Waals surface area (Å²) in [4.78, 5) is 0. The van der Waals surface area contributed by atoms with Crippen LogP contribution in [0.4, 0.5) is 0 Å². The number of methoxy groups -OCH3 is 1. The van der Waals surface area contributed by atoms with Crippen LogP contribution in [0.5, 0.6) is 0 Å². The highest BCUT2D eigenvalue weighted by Crippen LogP contribution is 2.37. The van der Waals surface area contributed by atoms with Gasteiger partial charge < -0.3 is 52.1 Å². The van der Waals surface area contributed by atoms with Gasteiger partial charge in [0.2, 0.25) is 0 Å². The second kappa shape index (κ2) is 28.0. The fourth-order valence-electron chi connectivity index (χ4n) is 9.14. The molecule has 10 atom stereocenters. The van der Waals surface area contributed by atoms with E-state index < -0.39 is 61.4 Å². The summed E-state index contributed by atoms with van der Waals surface area (Å²) in [5.74, 6) is 0. The van der Waals surface area contributed by atoms with Crippen molar-refractivity contribution in [2.24, 2.45) is 0 Å². The lowest BCUT2D eigenvalue weighted by Crippen LogP contribution is -2.66. The van der Waals surface area contributed by atoms with E-state index in [0.717, 1.165) is 38.9 Å². The van der Waals surface area contributed by atoms with Crippen molar-refractivity contribution in [2.45, 2.75) is 108 Å². The first kappa shape index (κ1) is 52.0. The minimum Gasteiger partial charge on any atom is -0.374 e. The zero-order valence-electron chi connectivity index (χ0n) is 41.3. The van der Waals surface area contributed by atoms with Crippen LogP contribution >= 0.6 is 0 Å². The van der Waals surface area contributed by atoms with Gasteiger partial charge in [-0.1, -0.05) is 212 Å². The zero-order chi connectivity index (χ0) is 49.7. The van der Waals surface area contributed by atoms with Gasteiger partial charge in [0.25, 0.3) is 0 Å². The minimum atomic E-state index is -1.09. The van der Waals surface area contributed by atoms with Gasteiger partial charge in [0, 0.05) is 7.11 Å². The molecule has 9 rings (SSSR count). The van der Waals surface area contributed by atoms with E-state index in [-0.39, 0.29) is 46.2 Å². The van der Waals surface area contributed by atoms with Crippen molar-refractivity contribution >= 4 is 0 Å². The van der Waals surface area contributed by atoms with Gasteiger partial charge >= 0.3 is 0 Å². The molecule has 0 amide bonds. The molecular weight excluding hydrogens is 921 g/mol. The van der Waals surface area contributed by atoms with Gasteiger partial charge in [0.1, 0.15) is 48.8 Å². The summed E-state index contributed by atoms with van der Waals surface area (Å²) in [6.07, 6.45) is -8.10. The zero-order valence-corrected chi connectivity index (χ0v) is 41.3. The van der Waals surface area contributed by atoms with Crippen molar-refractivity contribution in [1.29, 1.82) is 0 Å².